The molecule has 0 radical (unpaired) electrons. The SMILES string of the molecule is COc1cccc([C@H]2Nc3ccccc3C(=O)N2c2ccc(F)cc2)c1OC. The smallest absolute Gasteiger partial charge is 0.262 e. The molecule has 28 heavy (non-hydrogen) atoms. The topological polar surface area (TPSA) is 50.8 Å². The zero-order valence-corrected chi connectivity index (χ0v) is 15.5. The lowest BCUT2D eigenvalue weighted by atomic mass is 10.0. The number of halogens is 1. The van der Waals surface area contributed by atoms with Crippen LogP contribution in [0.25, 0.3) is 0 Å². The van der Waals surface area contributed by atoms with Gasteiger partial charge in [-0.25, -0.2) is 4.39 Å². The minimum atomic E-state index is -0.557. The van der Waals surface area contributed by atoms with Crippen molar-refractivity contribution in [3.63, 3.8) is 0 Å². The Hall–Kier alpha value is -3.54. The third-order valence-corrected chi connectivity index (χ3v) is 4.76. The third-order valence-electron chi connectivity index (χ3n) is 4.76. The van der Waals surface area contributed by atoms with E-state index in [9.17, 15) is 9.18 Å². The van der Waals surface area contributed by atoms with E-state index in [2.05, 4.69) is 5.32 Å². The fourth-order valence-corrected chi connectivity index (χ4v) is 3.47. The van der Waals surface area contributed by atoms with Gasteiger partial charge in [0.2, 0.25) is 0 Å². The summed E-state index contributed by atoms with van der Waals surface area (Å²) in [6, 6.07) is 18.7. The van der Waals surface area contributed by atoms with Crippen molar-refractivity contribution in [2.24, 2.45) is 0 Å². The van der Waals surface area contributed by atoms with Crippen LogP contribution in [0.2, 0.25) is 0 Å². The monoisotopic (exact) mass is 378 g/mol. The number of rotatable bonds is 4. The van der Waals surface area contributed by atoms with Gasteiger partial charge in [-0.15, -0.1) is 0 Å². The van der Waals surface area contributed by atoms with Crippen molar-refractivity contribution in [3.05, 3.63) is 83.7 Å². The molecule has 1 amide bonds. The maximum atomic E-state index is 13.5. The lowest BCUT2D eigenvalue weighted by Crippen LogP contribution is -2.43. The lowest BCUT2D eigenvalue weighted by molar-refractivity contribution is 0.0974. The summed E-state index contributed by atoms with van der Waals surface area (Å²) >= 11 is 0. The molecule has 1 atom stereocenters. The molecule has 0 saturated carbocycles. The maximum absolute atomic E-state index is 13.5. The number of carbonyl (C=O) groups excluding carboxylic acids is 1. The molecule has 3 aromatic carbocycles. The Kier molecular flexibility index (Phi) is 4.61. The molecule has 142 valence electrons. The second-order valence-electron chi connectivity index (χ2n) is 6.33. The van der Waals surface area contributed by atoms with Crippen molar-refractivity contribution < 1.29 is 18.7 Å². The Balaban J connectivity index is 1.91. The number of amides is 1. The summed E-state index contributed by atoms with van der Waals surface area (Å²) in [5.41, 5.74) is 2.57. The molecule has 5 nitrogen and oxygen atoms in total. The number of nitrogens with one attached hydrogen (secondary N) is 1. The van der Waals surface area contributed by atoms with Gasteiger partial charge < -0.3 is 14.8 Å². The van der Waals surface area contributed by atoms with Crippen molar-refractivity contribution in [1.29, 1.82) is 0 Å². The van der Waals surface area contributed by atoms with Crippen LogP contribution in [0.3, 0.4) is 0 Å². The Morgan fingerprint density at radius 1 is 0.929 bits per heavy atom. The first-order chi connectivity index (χ1) is 13.6. The Morgan fingerprint density at radius 3 is 2.39 bits per heavy atom. The van der Waals surface area contributed by atoms with Crippen LogP contribution < -0.4 is 19.7 Å². The minimum absolute atomic E-state index is 0.184. The van der Waals surface area contributed by atoms with Crippen LogP contribution in [0.1, 0.15) is 22.1 Å². The minimum Gasteiger partial charge on any atom is -0.493 e. The molecule has 0 spiro atoms. The number of benzene rings is 3. The summed E-state index contributed by atoms with van der Waals surface area (Å²) in [5, 5.41) is 3.41. The second-order valence-corrected chi connectivity index (χ2v) is 6.33. The maximum Gasteiger partial charge on any atom is 0.262 e. The molecule has 0 aromatic heterocycles. The van der Waals surface area contributed by atoms with E-state index in [-0.39, 0.29) is 11.7 Å². The van der Waals surface area contributed by atoms with Gasteiger partial charge in [0.1, 0.15) is 12.0 Å². The summed E-state index contributed by atoms with van der Waals surface area (Å²) in [6.45, 7) is 0. The van der Waals surface area contributed by atoms with E-state index >= 15 is 0 Å². The zero-order chi connectivity index (χ0) is 19.7. The van der Waals surface area contributed by atoms with Gasteiger partial charge in [0, 0.05) is 16.9 Å². The van der Waals surface area contributed by atoms with Crippen molar-refractivity contribution in [2.45, 2.75) is 6.17 Å². The Morgan fingerprint density at radius 2 is 1.68 bits per heavy atom. The summed E-state index contributed by atoms with van der Waals surface area (Å²) in [6.07, 6.45) is -0.557. The van der Waals surface area contributed by atoms with Crippen LogP contribution in [0.5, 0.6) is 11.5 Å². The number of methoxy groups -OCH3 is 2. The molecule has 1 aliphatic heterocycles. The van der Waals surface area contributed by atoms with Crippen LogP contribution >= 0.6 is 0 Å². The Labute approximate surface area is 162 Å². The number of para-hydroxylation sites is 2. The molecule has 1 heterocycles. The van der Waals surface area contributed by atoms with E-state index in [1.807, 2.05) is 30.3 Å². The number of anilines is 2. The molecule has 1 N–H and O–H groups in total. The molecule has 6 heteroatoms. The van der Waals surface area contributed by atoms with Crippen LogP contribution in [0.4, 0.5) is 15.8 Å². The molecule has 0 aliphatic carbocycles. The fourth-order valence-electron chi connectivity index (χ4n) is 3.47. The van der Waals surface area contributed by atoms with Crippen LogP contribution in [0, 0.1) is 5.82 Å². The van der Waals surface area contributed by atoms with E-state index in [0.717, 1.165) is 11.3 Å². The number of ether oxygens (including phenoxy) is 2. The predicted molar refractivity (Wildman–Crippen MR) is 106 cm³/mol. The first-order valence-corrected chi connectivity index (χ1v) is 8.79. The molecule has 4 rings (SSSR count). The van der Waals surface area contributed by atoms with Gasteiger partial charge in [0.25, 0.3) is 5.91 Å². The molecule has 1 aliphatic rings. The molecule has 0 bridgehead atoms. The first-order valence-electron chi connectivity index (χ1n) is 8.79. The van der Waals surface area contributed by atoms with Crippen molar-refractivity contribution in [1.82, 2.24) is 0 Å². The largest absolute Gasteiger partial charge is 0.493 e. The van der Waals surface area contributed by atoms with E-state index in [1.54, 1.807) is 43.4 Å². The summed E-state index contributed by atoms with van der Waals surface area (Å²) < 4.78 is 24.5. The van der Waals surface area contributed by atoms with Crippen LogP contribution in [0.15, 0.2) is 66.7 Å². The molecular weight excluding hydrogens is 359 g/mol. The average Bonchev–Trinajstić information content (AvgIpc) is 2.74. The van der Waals surface area contributed by atoms with Gasteiger partial charge in [-0.1, -0.05) is 24.3 Å². The molecule has 0 unspecified atom stereocenters. The average molecular weight is 378 g/mol. The molecule has 0 fully saturated rings. The highest BCUT2D eigenvalue weighted by atomic mass is 19.1. The standard InChI is InChI=1S/C22H19FN2O3/c1-27-19-9-5-7-17(20(19)28-2)21-24-18-8-4-3-6-16(18)22(26)25(21)15-12-10-14(23)11-13-15/h3-13,21,24H,1-2H3/t21-/m0/s1. The van der Waals surface area contributed by atoms with Crippen molar-refractivity contribution >= 4 is 17.3 Å². The van der Waals surface area contributed by atoms with E-state index in [4.69, 9.17) is 9.47 Å². The normalized spacial score (nSPS) is 15.6. The zero-order valence-electron chi connectivity index (χ0n) is 15.5. The summed E-state index contributed by atoms with van der Waals surface area (Å²) in [7, 11) is 3.12. The van der Waals surface area contributed by atoms with Gasteiger partial charge in [-0.3, -0.25) is 9.69 Å². The quantitative estimate of drug-likeness (QED) is 0.720. The van der Waals surface area contributed by atoms with Gasteiger partial charge in [0.05, 0.1) is 19.8 Å². The predicted octanol–water partition coefficient (Wildman–Crippen LogP) is 4.61. The number of nitrogens with zero attached hydrogens (tertiary/aromatic N) is 1. The second kappa shape index (κ2) is 7.23. The van der Waals surface area contributed by atoms with E-state index in [1.165, 1.54) is 12.1 Å². The van der Waals surface area contributed by atoms with Crippen molar-refractivity contribution in [3.8, 4) is 11.5 Å². The summed E-state index contributed by atoms with van der Waals surface area (Å²) in [5.74, 6) is 0.543. The van der Waals surface area contributed by atoms with Crippen LogP contribution in [-0.4, -0.2) is 20.1 Å². The molecular formula is C22H19FN2O3. The molecule has 3 aromatic rings. The number of hydrogen-bond donors (Lipinski definition) is 1. The van der Waals surface area contributed by atoms with Crippen LogP contribution in [-0.2, 0) is 0 Å². The van der Waals surface area contributed by atoms with Gasteiger partial charge >= 0.3 is 0 Å². The first kappa shape index (κ1) is 17.9. The third kappa shape index (κ3) is 2.93. The van der Waals surface area contributed by atoms with Gasteiger partial charge in [-0.05, 0) is 42.5 Å². The number of fused-ring (bicyclic) bond motifs is 1. The van der Waals surface area contributed by atoms with E-state index in [0.29, 0.717) is 22.7 Å². The molecule has 0 saturated heterocycles. The highest BCUT2D eigenvalue weighted by Gasteiger charge is 2.36. The summed E-state index contributed by atoms with van der Waals surface area (Å²) in [4.78, 5) is 15.0. The fraction of sp³-hybridized carbons (Fsp3) is 0.136. The van der Waals surface area contributed by atoms with Gasteiger partial charge in [0.15, 0.2) is 11.5 Å². The number of carbonyl (C=O) groups is 1. The van der Waals surface area contributed by atoms with Crippen molar-refractivity contribution in [2.75, 3.05) is 24.4 Å². The lowest BCUT2D eigenvalue weighted by Gasteiger charge is -2.38. The number of hydrogen-bond acceptors (Lipinski definition) is 4. The van der Waals surface area contributed by atoms with Gasteiger partial charge in [-0.2, -0.15) is 0 Å². The highest BCUT2D eigenvalue weighted by Crippen LogP contribution is 2.42. The van der Waals surface area contributed by atoms with E-state index < -0.39 is 6.17 Å². The Bertz CT molecular complexity index is 1020. The highest BCUT2D eigenvalue weighted by molar-refractivity contribution is 6.12.